The van der Waals surface area contributed by atoms with Crippen molar-refractivity contribution in [1.29, 1.82) is 0 Å². The lowest BCUT2D eigenvalue weighted by Crippen LogP contribution is -2.15. The zero-order valence-electron chi connectivity index (χ0n) is 12.1. The molecular weight excluding hydrogens is 246 g/mol. The van der Waals surface area contributed by atoms with Gasteiger partial charge in [0.15, 0.2) is 0 Å². The molecule has 2 heteroatoms. The van der Waals surface area contributed by atoms with Crippen LogP contribution >= 0.6 is 0 Å². The molecule has 2 nitrogen and oxygen atoms in total. The Morgan fingerprint density at radius 2 is 2.05 bits per heavy atom. The van der Waals surface area contributed by atoms with Gasteiger partial charge in [0.2, 0.25) is 0 Å². The summed E-state index contributed by atoms with van der Waals surface area (Å²) in [6, 6.07) is 15.6. The molecule has 1 heterocycles. The first-order valence-corrected chi connectivity index (χ1v) is 7.35. The quantitative estimate of drug-likeness (QED) is 0.905. The van der Waals surface area contributed by atoms with E-state index in [9.17, 15) is 0 Å². The summed E-state index contributed by atoms with van der Waals surface area (Å²) >= 11 is 0. The molecule has 1 aliphatic rings. The first-order chi connectivity index (χ1) is 9.83. The Kier molecular flexibility index (Phi) is 3.75. The van der Waals surface area contributed by atoms with Gasteiger partial charge in [0.25, 0.3) is 0 Å². The summed E-state index contributed by atoms with van der Waals surface area (Å²) in [5, 5.41) is 3.37. The lowest BCUT2D eigenvalue weighted by atomic mass is 9.96. The van der Waals surface area contributed by atoms with Gasteiger partial charge in [-0.2, -0.15) is 0 Å². The van der Waals surface area contributed by atoms with Crippen molar-refractivity contribution in [2.75, 3.05) is 13.7 Å². The predicted octanol–water partition coefficient (Wildman–Crippen LogP) is 3.96. The Labute approximate surface area is 120 Å². The number of para-hydroxylation sites is 1. The number of benzene rings is 2. The fourth-order valence-electron chi connectivity index (χ4n) is 2.97. The van der Waals surface area contributed by atoms with Crippen molar-refractivity contribution in [3.8, 4) is 16.9 Å². The van der Waals surface area contributed by atoms with Gasteiger partial charge in [0, 0.05) is 18.0 Å². The minimum absolute atomic E-state index is 0.410. The Hall–Kier alpha value is -1.80. The van der Waals surface area contributed by atoms with Gasteiger partial charge in [0.05, 0.1) is 6.61 Å². The van der Waals surface area contributed by atoms with Crippen molar-refractivity contribution in [1.82, 2.24) is 5.32 Å². The van der Waals surface area contributed by atoms with Gasteiger partial charge in [-0.25, -0.2) is 0 Å². The minimum Gasteiger partial charge on any atom is -0.492 e. The van der Waals surface area contributed by atoms with Crippen LogP contribution < -0.4 is 10.1 Å². The first kappa shape index (κ1) is 13.2. The fourth-order valence-corrected chi connectivity index (χ4v) is 2.97. The first-order valence-electron chi connectivity index (χ1n) is 7.35. The smallest absolute Gasteiger partial charge is 0.130 e. The highest BCUT2D eigenvalue weighted by Crippen LogP contribution is 2.37. The van der Waals surface area contributed by atoms with E-state index in [0.29, 0.717) is 6.04 Å². The zero-order chi connectivity index (χ0) is 13.9. The van der Waals surface area contributed by atoms with Crippen molar-refractivity contribution in [3.63, 3.8) is 0 Å². The Bertz CT molecular complexity index is 602. The lowest BCUT2D eigenvalue weighted by molar-refractivity contribution is 0.358. The van der Waals surface area contributed by atoms with Crippen molar-refractivity contribution in [3.05, 3.63) is 53.6 Å². The van der Waals surface area contributed by atoms with E-state index in [1.54, 1.807) is 0 Å². The fraction of sp³-hybridized carbons (Fsp3) is 0.333. The van der Waals surface area contributed by atoms with Gasteiger partial charge >= 0.3 is 0 Å². The molecule has 0 radical (unpaired) electrons. The third-order valence-corrected chi connectivity index (χ3v) is 4.07. The van der Waals surface area contributed by atoms with Gasteiger partial charge in [-0.05, 0) is 36.2 Å². The van der Waals surface area contributed by atoms with Crippen LogP contribution in [0.2, 0.25) is 0 Å². The Balaban J connectivity index is 2.03. The molecule has 0 spiro atoms. The van der Waals surface area contributed by atoms with Crippen LogP contribution in [-0.2, 0) is 6.42 Å². The molecule has 1 atom stereocenters. The van der Waals surface area contributed by atoms with Crippen LogP contribution in [0.5, 0.6) is 5.75 Å². The maximum atomic E-state index is 5.82. The van der Waals surface area contributed by atoms with E-state index in [1.807, 2.05) is 7.05 Å². The van der Waals surface area contributed by atoms with Gasteiger partial charge in [-0.15, -0.1) is 0 Å². The second kappa shape index (κ2) is 5.68. The van der Waals surface area contributed by atoms with Crippen LogP contribution in [0.15, 0.2) is 42.5 Å². The molecule has 2 aromatic rings. The molecule has 2 aromatic carbocycles. The molecule has 0 fully saturated rings. The van der Waals surface area contributed by atoms with Crippen molar-refractivity contribution in [2.45, 2.75) is 25.8 Å². The van der Waals surface area contributed by atoms with Crippen LogP contribution in [0.3, 0.4) is 0 Å². The standard InChI is InChI=1S/C18H21NO/c1-3-17(19-2)15-8-4-7-14(12-15)16-9-5-6-13-10-11-20-18(13)16/h4-9,12,17,19H,3,10-11H2,1-2H3. The molecule has 0 aromatic heterocycles. The minimum atomic E-state index is 0.410. The summed E-state index contributed by atoms with van der Waals surface area (Å²) < 4.78 is 5.82. The summed E-state index contributed by atoms with van der Waals surface area (Å²) in [6.07, 6.45) is 2.11. The Morgan fingerprint density at radius 3 is 2.85 bits per heavy atom. The SMILES string of the molecule is CCC(NC)c1cccc(-c2cccc3c2OCC3)c1. The highest BCUT2D eigenvalue weighted by Gasteiger charge is 2.17. The largest absolute Gasteiger partial charge is 0.492 e. The summed E-state index contributed by atoms with van der Waals surface area (Å²) in [4.78, 5) is 0. The van der Waals surface area contributed by atoms with Crippen LogP contribution in [0.25, 0.3) is 11.1 Å². The third-order valence-electron chi connectivity index (χ3n) is 4.07. The van der Waals surface area contributed by atoms with Crippen LogP contribution in [0.1, 0.15) is 30.5 Å². The van der Waals surface area contributed by atoms with Crippen LogP contribution in [0, 0.1) is 0 Å². The van der Waals surface area contributed by atoms with Crippen LogP contribution in [-0.4, -0.2) is 13.7 Å². The maximum absolute atomic E-state index is 5.82. The van der Waals surface area contributed by atoms with Gasteiger partial charge in [-0.1, -0.05) is 43.3 Å². The van der Waals surface area contributed by atoms with E-state index in [1.165, 1.54) is 22.3 Å². The molecule has 1 N–H and O–H groups in total. The number of hydrogen-bond acceptors (Lipinski definition) is 2. The summed E-state index contributed by atoms with van der Waals surface area (Å²) in [7, 11) is 2.02. The van der Waals surface area contributed by atoms with E-state index in [2.05, 4.69) is 54.7 Å². The molecular formula is C18H21NO. The van der Waals surface area contributed by atoms with Gasteiger partial charge < -0.3 is 10.1 Å². The molecule has 104 valence electrons. The molecule has 1 aliphatic heterocycles. The summed E-state index contributed by atoms with van der Waals surface area (Å²) in [5.74, 6) is 1.07. The number of rotatable bonds is 4. The maximum Gasteiger partial charge on any atom is 0.130 e. The molecule has 0 bridgehead atoms. The monoisotopic (exact) mass is 267 g/mol. The second-order valence-electron chi connectivity index (χ2n) is 5.27. The molecule has 1 unspecified atom stereocenters. The molecule has 0 saturated heterocycles. The van der Waals surface area contributed by atoms with Crippen LogP contribution in [0.4, 0.5) is 0 Å². The molecule has 3 rings (SSSR count). The van der Waals surface area contributed by atoms with E-state index in [4.69, 9.17) is 4.74 Å². The number of fused-ring (bicyclic) bond motifs is 1. The number of ether oxygens (including phenoxy) is 1. The van der Waals surface area contributed by atoms with Gasteiger partial charge in [-0.3, -0.25) is 0 Å². The molecule has 0 amide bonds. The van der Waals surface area contributed by atoms with Crippen molar-refractivity contribution >= 4 is 0 Å². The third kappa shape index (κ3) is 2.32. The van der Waals surface area contributed by atoms with E-state index < -0.39 is 0 Å². The topological polar surface area (TPSA) is 21.3 Å². The van der Waals surface area contributed by atoms with E-state index in [0.717, 1.165) is 25.2 Å². The van der Waals surface area contributed by atoms with E-state index >= 15 is 0 Å². The highest BCUT2D eigenvalue weighted by molar-refractivity contribution is 5.73. The summed E-state index contributed by atoms with van der Waals surface area (Å²) in [6.45, 7) is 3.01. The molecule has 0 aliphatic carbocycles. The zero-order valence-corrected chi connectivity index (χ0v) is 12.1. The van der Waals surface area contributed by atoms with E-state index in [-0.39, 0.29) is 0 Å². The second-order valence-corrected chi connectivity index (χ2v) is 5.27. The molecule has 20 heavy (non-hydrogen) atoms. The average molecular weight is 267 g/mol. The lowest BCUT2D eigenvalue weighted by Gasteiger charge is -2.16. The number of nitrogens with one attached hydrogen (secondary N) is 1. The van der Waals surface area contributed by atoms with Gasteiger partial charge in [0.1, 0.15) is 5.75 Å². The normalized spacial score (nSPS) is 14.7. The average Bonchev–Trinajstić information content (AvgIpc) is 2.97. The van der Waals surface area contributed by atoms with Crippen molar-refractivity contribution < 1.29 is 4.74 Å². The number of hydrogen-bond donors (Lipinski definition) is 1. The highest BCUT2D eigenvalue weighted by atomic mass is 16.5. The van der Waals surface area contributed by atoms with Crippen molar-refractivity contribution in [2.24, 2.45) is 0 Å². The molecule has 0 saturated carbocycles. The summed E-state index contributed by atoms with van der Waals surface area (Å²) in [5.41, 5.74) is 5.12. The predicted molar refractivity (Wildman–Crippen MR) is 83.2 cm³/mol. The Morgan fingerprint density at radius 1 is 1.20 bits per heavy atom.